The molecule has 2 aromatic carbocycles. The highest BCUT2D eigenvalue weighted by Crippen LogP contribution is 2.18. The molecule has 0 saturated carbocycles. The summed E-state index contributed by atoms with van der Waals surface area (Å²) < 4.78 is 5.14. The standard InChI is InChI=1S/C23H28N2O4/c1-4-20(19-12-10-16(2)11-13-19)25-22(27)15-29-23(28)14-21(24-17(3)26)18-8-6-5-7-9-18/h5-13,20-21H,4,14-15H2,1-3H3,(H,24,26)(H,25,27)/t20-,21+/m1/s1. The minimum Gasteiger partial charge on any atom is -0.456 e. The zero-order valence-electron chi connectivity index (χ0n) is 17.1. The van der Waals surface area contributed by atoms with Crippen LogP contribution in [-0.4, -0.2) is 24.4 Å². The van der Waals surface area contributed by atoms with Gasteiger partial charge >= 0.3 is 5.97 Å². The van der Waals surface area contributed by atoms with Gasteiger partial charge < -0.3 is 15.4 Å². The monoisotopic (exact) mass is 396 g/mol. The number of amides is 2. The van der Waals surface area contributed by atoms with Crippen molar-refractivity contribution < 1.29 is 19.1 Å². The molecule has 0 bridgehead atoms. The van der Waals surface area contributed by atoms with Crippen LogP contribution in [-0.2, 0) is 19.1 Å². The summed E-state index contributed by atoms with van der Waals surface area (Å²) in [6, 6.07) is 16.5. The second kappa shape index (κ2) is 11.0. The van der Waals surface area contributed by atoms with Gasteiger partial charge in [0.1, 0.15) is 0 Å². The van der Waals surface area contributed by atoms with Crippen molar-refractivity contribution in [2.45, 2.75) is 45.7 Å². The highest BCUT2D eigenvalue weighted by Gasteiger charge is 2.19. The number of benzene rings is 2. The number of hydrogen-bond acceptors (Lipinski definition) is 4. The molecule has 2 atom stereocenters. The highest BCUT2D eigenvalue weighted by atomic mass is 16.5. The van der Waals surface area contributed by atoms with Crippen LogP contribution in [0.2, 0.25) is 0 Å². The molecule has 0 saturated heterocycles. The van der Waals surface area contributed by atoms with Gasteiger partial charge in [-0.25, -0.2) is 0 Å². The number of hydrogen-bond donors (Lipinski definition) is 2. The lowest BCUT2D eigenvalue weighted by Crippen LogP contribution is -2.33. The Hall–Kier alpha value is -3.15. The first-order valence-electron chi connectivity index (χ1n) is 9.72. The summed E-state index contributed by atoms with van der Waals surface area (Å²) in [5, 5.41) is 5.63. The summed E-state index contributed by atoms with van der Waals surface area (Å²) in [5.41, 5.74) is 2.96. The Morgan fingerprint density at radius 3 is 2.10 bits per heavy atom. The lowest BCUT2D eigenvalue weighted by Gasteiger charge is -2.19. The normalized spacial score (nSPS) is 12.5. The fraction of sp³-hybridized carbons (Fsp3) is 0.348. The van der Waals surface area contributed by atoms with E-state index in [1.165, 1.54) is 6.92 Å². The van der Waals surface area contributed by atoms with Crippen molar-refractivity contribution in [3.63, 3.8) is 0 Å². The van der Waals surface area contributed by atoms with Crippen molar-refractivity contribution in [3.8, 4) is 0 Å². The summed E-state index contributed by atoms with van der Waals surface area (Å²) in [6.07, 6.45) is 0.674. The van der Waals surface area contributed by atoms with Crippen LogP contribution in [0.15, 0.2) is 54.6 Å². The summed E-state index contributed by atoms with van der Waals surface area (Å²) in [7, 11) is 0. The molecule has 154 valence electrons. The smallest absolute Gasteiger partial charge is 0.308 e. The number of rotatable bonds is 9. The van der Waals surface area contributed by atoms with Gasteiger partial charge in [-0.15, -0.1) is 0 Å². The molecule has 0 aliphatic heterocycles. The van der Waals surface area contributed by atoms with Gasteiger partial charge in [0.15, 0.2) is 6.61 Å². The van der Waals surface area contributed by atoms with Gasteiger partial charge in [-0.1, -0.05) is 67.1 Å². The van der Waals surface area contributed by atoms with E-state index in [0.29, 0.717) is 0 Å². The number of nitrogens with one attached hydrogen (secondary N) is 2. The van der Waals surface area contributed by atoms with Crippen molar-refractivity contribution in [3.05, 3.63) is 71.3 Å². The van der Waals surface area contributed by atoms with Gasteiger partial charge in [-0.3, -0.25) is 14.4 Å². The van der Waals surface area contributed by atoms with Crippen molar-refractivity contribution in [1.29, 1.82) is 0 Å². The molecule has 0 spiro atoms. The second-order valence-corrected chi connectivity index (χ2v) is 6.97. The Bertz CT molecular complexity index is 819. The van der Waals surface area contributed by atoms with Crippen LogP contribution >= 0.6 is 0 Å². The van der Waals surface area contributed by atoms with E-state index < -0.39 is 12.0 Å². The van der Waals surface area contributed by atoms with E-state index in [1.54, 1.807) is 0 Å². The maximum atomic E-state index is 12.2. The van der Waals surface area contributed by atoms with E-state index in [2.05, 4.69) is 10.6 Å². The van der Waals surface area contributed by atoms with Gasteiger partial charge in [0.05, 0.1) is 18.5 Å². The van der Waals surface area contributed by atoms with Crippen molar-refractivity contribution in [2.24, 2.45) is 0 Å². The molecule has 0 aliphatic carbocycles. The predicted octanol–water partition coefficient (Wildman–Crippen LogP) is 3.37. The Morgan fingerprint density at radius 2 is 1.52 bits per heavy atom. The van der Waals surface area contributed by atoms with Crippen molar-refractivity contribution >= 4 is 17.8 Å². The molecule has 6 heteroatoms. The largest absolute Gasteiger partial charge is 0.456 e. The van der Waals surface area contributed by atoms with Crippen LogP contribution in [0, 0.1) is 6.92 Å². The quantitative estimate of drug-likeness (QED) is 0.637. The second-order valence-electron chi connectivity index (χ2n) is 6.97. The Morgan fingerprint density at radius 1 is 0.897 bits per heavy atom. The molecule has 2 aromatic rings. The predicted molar refractivity (Wildman–Crippen MR) is 111 cm³/mol. The fourth-order valence-electron chi connectivity index (χ4n) is 3.01. The molecule has 0 aliphatic rings. The first-order valence-corrected chi connectivity index (χ1v) is 9.72. The zero-order chi connectivity index (χ0) is 21.2. The average molecular weight is 396 g/mol. The lowest BCUT2D eigenvalue weighted by atomic mass is 10.0. The zero-order valence-corrected chi connectivity index (χ0v) is 17.1. The number of esters is 1. The summed E-state index contributed by atoms with van der Waals surface area (Å²) in [4.78, 5) is 35.9. The molecule has 0 heterocycles. The van der Waals surface area contributed by atoms with Crippen molar-refractivity contribution in [1.82, 2.24) is 10.6 Å². The summed E-state index contributed by atoms with van der Waals surface area (Å²) in [6.45, 7) is 5.02. The molecule has 0 unspecified atom stereocenters. The molecule has 2 amide bonds. The molecular weight excluding hydrogens is 368 g/mol. The van der Waals surface area contributed by atoms with Crippen LogP contribution in [0.3, 0.4) is 0 Å². The third kappa shape index (κ3) is 7.41. The molecule has 0 radical (unpaired) electrons. The van der Waals surface area contributed by atoms with E-state index in [1.807, 2.05) is 68.4 Å². The van der Waals surface area contributed by atoms with E-state index in [-0.39, 0.29) is 30.9 Å². The highest BCUT2D eigenvalue weighted by molar-refractivity contribution is 5.81. The molecule has 6 nitrogen and oxygen atoms in total. The molecule has 2 N–H and O–H groups in total. The lowest BCUT2D eigenvalue weighted by molar-refractivity contribution is -0.149. The van der Waals surface area contributed by atoms with Crippen LogP contribution in [0.4, 0.5) is 0 Å². The molecule has 29 heavy (non-hydrogen) atoms. The number of carbonyl (C=O) groups is 3. The van der Waals surface area contributed by atoms with E-state index in [0.717, 1.165) is 23.1 Å². The van der Waals surface area contributed by atoms with Crippen molar-refractivity contribution in [2.75, 3.05) is 6.61 Å². The van der Waals surface area contributed by atoms with E-state index >= 15 is 0 Å². The number of ether oxygens (including phenoxy) is 1. The Kier molecular flexibility index (Phi) is 8.40. The topological polar surface area (TPSA) is 84.5 Å². The molecular formula is C23H28N2O4. The SMILES string of the molecule is CC[C@@H](NC(=O)COC(=O)C[C@H](NC(C)=O)c1ccccc1)c1ccc(C)cc1. The van der Waals surface area contributed by atoms with Gasteiger partial charge in [0, 0.05) is 6.92 Å². The number of carbonyl (C=O) groups excluding carboxylic acids is 3. The minimum absolute atomic E-state index is 0.0496. The molecule has 0 fully saturated rings. The maximum absolute atomic E-state index is 12.2. The van der Waals surface area contributed by atoms with Crippen LogP contribution in [0.25, 0.3) is 0 Å². The minimum atomic E-state index is -0.550. The first-order chi connectivity index (χ1) is 13.9. The maximum Gasteiger partial charge on any atom is 0.308 e. The van der Waals surface area contributed by atoms with Gasteiger partial charge in [-0.05, 0) is 24.5 Å². The number of aryl methyl sites for hydroxylation is 1. The Labute approximate surface area is 171 Å². The van der Waals surface area contributed by atoms with Gasteiger partial charge in [-0.2, -0.15) is 0 Å². The third-order valence-electron chi connectivity index (χ3n) is 4.54. The van der Waals surface area contributed by atoms with Crippen LogP contribution in [0.1, 0.15) is 55.5 Å². The van der Waals surface area contributed by atoms with E-state index in [9.17, 15) is 14.4 Å². The van der Waals surface area contributed by atoms with Crippen LogP contribution < -0.4 is 10.6 Å². The Balaban J connectivity index is 1.88. The van der Waals surface area contributed by atoms with E-state index in [4.69, 9.17) is 4.74 Å². The summed E-state index contributed by atoms with van der Waals surface area (Å²) >= 11 is 0. The molecule has 2 rings (SSSR count). The van der Waals surface area contributed by atoms with Gasteiger partial charge in [0.25, 0.3) is 5.91 Å². The molecule has 0 aromatic heterocycles. The summed E-state index contributed by atoms with van der Waals surface area (Å²) in [5.74, 6) is -1.15. The third-order valence-corrected chi connectivity index (χ3v) is 4.54. The van der Waals surface area contributed by atoms with Gasteiger partial charge in [0.2, 0.25) is 5.91 Å². The van der Waals surface area contributed by atoms with Crippen LogP contribution in [0.5, 0.6) is 0 Å². The fourth-order valence-corrected chi connectivity index (χ4v) is 3.01. The first kappa shape index (κ1) is 22.1. The average Bonchev–Trinajstić information content (AvgIpc) is 2.71.